The second kappa shape index (κ2) is 19.5. The van der Waals surface area contributed by atoms with Crippen LogP contribution < -0.4 is 23.3 Å². The smallest absolute Gasteiger partial charge is 0.481 e. The molecule has 0 spiro atoms. The Balaban J connectivity index is 1.46. The molecule has 3 aromatic rings. The third kappa shape index (κ3) is 10.5. The first-order valence-electron chi connectivity index (χ1n) is 17.5. The van der Waals surface area contributed by atoms with Crippen molar-refractivity contribution in [2.24, 2.45) is 5.11 Å². The Morgan fingerprint density at radius 1 is 0.982 bits per heavy atom. The van der Waals surface area contributed by atoms with Crippen molar-refractivity contribution < 1.29 is 70.9 Å². The zero-order chi connectivity index (χ0) is 41.3. The fourth-order valence-corrected chi connectivity index (χ4v) is 7.29. The Bertz CT molecular complexity index is 2100. The molecule has 0 saturated carbocycles. The van der Waals surface area contributed by atoms with Gasteiger partial charge in [-0.1, -0.05) is 29.4 Å². The standard InChI is InChI=1S/C35H40ClN5O15S/c36-16-20-17-41(28(43)6-3-7-29(44)45)23-15-25(21-4-1-2-5-22(21)30(20)23)55-57(50,51)56-26-14-19(34(49)38-10-12-52-13-11-39-40-37)8-9-24(26)53-35-33(48)32(47)31(46)27(18-42)54-35/h1-2,4-5,8-9,14-15,20,27,31-33,35,42,46-48H,3,6-7,10-13,16-18H2,(H,38,49)(H,44,45)/t20-,27-,31+,32+,33-,35-/m1/s1. The number of benzene rings is 3. The van der Waals surface area contributed by atoms with Crippen molar-refractivity contribution in [3.63, 3.8) is 0 Å². The van der Waals surface area contributed by atoms with Gasteiger partial charge in [-0.15, -0.1) is 20.0 Å². The minimum absolute atomic E-state index is 0.00484. The minimum Gasteiger partial charge on any atom is -0.481 e. The predicted molar refractivity (Wildman–Crippen MR) is 199 cm³/mol. The average Bonchev–Trinajstić information content (AvgIpc) is 3.56. The van der Waals surface area contributed by atoms with E-state index < -0.39 is 77.0 Å². The van der Waals surface area contributed by atoms with Crippen molar-refractivity contribution in [3.05, 3.63) is 70.1 Å². The maximum Gasteiger partial charge on any atom is 0.501 e. The SMILES string of the molecule is [N-]=[N+]=NCCOCCNC(=O)c1ccc(O[C@@H]2O[C@H](CO)[C@H](O)[C@H](O)[C@H]2O)c(OS(=O)(=O)Oc2cc3c(c4ccccc24)[C@H](CCl)CN3C(=O)CCCC(=O)O)c1. The van der Waals surface area contributed by atoms with Gasteiger partial charge in [-0.25, -0.2) is 0 Å². The number of anilines is 1. The van der Waals surface area contributed by atoms with E-state index in [0.717, 1.165) is 12.1 Å². The van der Waals surface area contributed by atoms with Gasteiger partial charge in [0.05, 0.1) is 25.5 Å². The number of aliphatic carboxylic acids is 1. The van der Waals surface area contributed by atoms with Crippen LogP contribution in [-0.2, 0) is 29.5 Å². The van der Waals surface area contributed by atoms with E-state index in [-0.39, 0.29) is 75.2 Å². The number of carboxylic acid groups (broad SMARTS) is 1. The van der Waals surface area contributed by atoms with Crippen LogP contribution in [0.2, 0.25) is 0 Å². The number of nitrogens with one attached hydrogen (secondary N) is 1. The zero-order valence-corrected chi connectivity index (χ0v) is 31.6. The summed E-state index contributed by atoms with van der Waals surface area (Å²) in [6.07, 6.45) is -8.87. The van der Waals surface area contributed by atoms with Crippen molar-refractivity contribution in [2.75, 3.05) is 50.2 Å². The van der Waals surface area contributed by atoms with E-state index in [1.807, 2.05) is 0 Å². The van der Waals surface area contributed by atoms with Crippen LogP contribution in [0.5, 0.6) is 17.2 Å². The highest BCUT2D eigenvalue weighted by atomic mass is 35.5. The number of fused-ring (bicyclic) bond motifs is 3. The van der Waals surface area contributed by atoms with E-state index in [1.54, 1.807) is 24.3 Å². The topological polar surface area (TPSA) is 297 Å². The quantitative estimate of drug-likeness (QED) is 0.0329. The Labute approximate surface area is 330 Å². The third-order valence-electron chi connectivity index (χ3n) is 9.01. The number of rotatable bonds is 19. The van der Waals surface area contributed by atoms with Gasteiger partial charge >= 0.3 is 16.4 Å². The summed E-state index contributed by atoms with van der Waals surface area (Å²) in [5.74, 6) is -3.75. The Kier molecular flexibility index (Phi) is 14.7. The first kappa shape index (κ1) is 43.2. The fourth-order valence-electron chi connectivity index (χ4n) is 6.30. The molecule has 2 amide bonds. The number of aliphatic hydroxyl groups excluding tert-OH is 4. The lowest BCUT2D eigenvalue weighted by atomic mass is 9.95. The van der Waals surface area contributed by atoms with Gasteiger partial charge in [-0.05, 0) is 41.1 Å². The number of carbonyl (C=O) groups excluding carboxylic acids is 2. The molecule has 0 bridgehead atoms. The van der Waals surface area contributed by atoms with Gasteiger partial charge in [-0.3, -0.25) is 14.4 Å². The van der Waals surface area contributed by atoms with Crippen LogP contribution in [0.3, 0.4) is 0 Å². The Morgan fingerprint density at radius 2 is 1.72 bits per heavy atom. The second-order valence-corrected chi connectivity index (χ2v) is 14.3. The number of halogens is 1. The van der Waals surface area contributed by atoms with Gasteiger partial charge in [-0.2, -0.15) is 0 Å². The maximum atomic E-state index is 13.8. The number of hydrogen-bond donors (Lipinski definition) is 6. The van der Waals surface area contributed by atoms with Gasteiger partial charge in [0.25, 0.3) is 5.91 Å². The summed E-state index contributed by atoms with van der Waals surface area (Å²) in [7, 11) is -5.16. The van der Waals surface area contributed by atoms with Crippen LogP contribution >= 0.6 is 11.6 Å². The number of hydrogen-bond acceptors (Lipinski definition) is 15. The molecule has 2 heterocycles. The number of carbonyl (C=O) groups is 3. The molecule has 2 aliphatic rings. The highest BCUT2D eigenvalue weighted by molar-refractivity contribution is 7.82. The summed E-state index contributed by atoms with van der Waals surface area (Å²) in [4.78, 5) is 41.4. The van der Waals surface area contributed by atoms with Gasteiger partial charge in [0, 0.05) is 66.2 Å². The molecule has 1 saturated heterocycles. The number of alkyl halides is 1. The lowest BCUT2D eigenvalue weighted by Gasteiger charge is -2.39. The number of azide groups is 1. The molecule has 57 heavy (non-hydrogen) atoms. The van der Waals surface area contributed by atoms with Gasteiger partial charge in [0.1, 0.15) is 24.4 Å². The Hall–Kier alpha value is -4.96. The van der Waals surface area contributed by atoms with E-state index in [4.69, 9.17) is 44.8 Å². The lowest BCUT2D eigenvalue weighted by molar-refractivity contribution is -0.277. The van der Waals surface area contributed by atoms with E-state index in [9.17, 15) is 43.2 Å². The number of carboxylic acids is 1. The molecule has 0 aromatic heterocycles. The van der Waals surface area contributed by atoms with Gasteiger partial charge in [0.15, 0.2) is 17.2 Å². The molecular weight excluding hydrogens is 798 g/mol. The van der Waals surface area contributed by atoms with Crippen LogP contribution in [-0.4, -0.2) is 128 Å². The van der Waals surface area contributed by atoms with Crippen molar-refractivity contribution in [2.45, 2.75) is 55.9 Å². The average molecular weight is 838 g/mol. The van der Waals surface area contributed by atoms with Crippen molar-refractivity contribution >= 4 is 56.2 Å². The van der Waals surface area contributed by atoms with Gasteiger partial charge in [0.2, 0.25) is 12.2 Å². The van der Waals surface area contributed by atoms with E-state index in [2.05, 4.69) is 15.3 Å². The molecule has 2 aliphatic heterocycles. The molecular formula is C35H40ClN5O15S. The number of amides is 2. The van der Waals surface area contributed by atoms with Crippen molar-refractivity contribution in [1.82, 2.24) is 5.32 Å². The van der Waals surface area contributed by atoms with Crippen molar-refractivity contribution in [1.29, 1.82) is 0 Å². The molecule has 22 heteroatoms. The second-order valence-electron chi connectivity index (χ2n) is 12.8. The molecule has 0 unspecified atom stereocenters. The van der Waals surface area contributed by atoms with E-state index in [0.29, 0.717) is 22.0 Å². The molecule has 3 aromatic carbocycles. The fraction of sp³-hybridized carbons (Fsp3) is 0.457. The normalized spacial score (nSPS) is 21.7. The summed E-state index contributed by atoms with van der Waals surface area (Å²) in [5.41, 5.74) is 9.19. The van der Waals surface area contributed by atoms with Crippen LogP contribution in [0, 0.1) is 0 Å². The summed E-state index contributed by atoms with van der Waals surface area (Å²) >= 11 is 6.32. The summed E-state index contributed by atoms with van der Waals surface area (Å²) in [5, 5.41) is 56.5. The molecule has 6 atom stereocenters. The zero-order valence-electron chi connectivity index (χ0n) is 30.0. The van der Waals surface area contributed by atoms with Crippen molar-refractivity contribution in [3.8, 4) is 17.2 Å². The van der Waals surface area contributed by atoms with Crippen LogP contribution in [0.1, 0.15) is 41.1 Å². The van der Waals surface area contributed by atoms with Gasteiger partial charge < -0.3 is 58.3 Å². The molecule has 0 aliphatic carbocycles. The minimum atomic E-state index is -5.16. The molecule has 5 rings (SSSR count). The number of aliphatic hydroxyl groups is 4. The number of ether oxygens (including phenoxy) is 3. The van der Waals surface area contributed by atoms with Crippen LogP contribution in [0.25, 0.3) is 21.2 Å². The summed E-state index contributed by atoms with van der Waals surface area (Å²) < 4.78 is 54.8. The first-order chi connectivity index (χ1) is 27.3. The van der Waals surface area contributed by atoms with E-state index >= 15 is 0 Å². The lowest BCUT2D eigenvalue weighted by Crippen LogP contribution is -2.60. The molecule has 20 nitrogen and oxygen atoms in total. The maximum absolute atomic E-state index is 13.8. The van der Waals surface area contributed by atoms with Crippen LogP contribution in [0.15, 0.2) is 53.6 Å². The third-order valence-corrected chi connectivity index (χ3v) is 10.1. The largest absolute Gasteiger partial charge is 0.501 e. The van der Waals surface area contributed by atoms with Crippen LogP contribution in [0.4, 0.5) is 5.69 Å². The number of nitrogens with zero attached hydrogens (tertiary/aromatic N) is 4. The highest BCUT2D eigenvalue weighted by Gasteiger charge is 2.45. The van der Waals surface area contributed by atoms with E-state index in [1.165, 1.54) is 17.0 Å². The highest BCUT2D eigenvalue weighted by Crippen LogP contribution is 2.46. The molecule has 6 N–H and O–H groups in total. The first-order valence-corrected chi connectivity index (χ1v) is 19.4. The molecule has 308 valence electrons. The predicted octanol–water partition coefficient (Wildman–Crippen LogP) is 1.70. The molecule has 1 fully saturated rings. The summed E-state index contributed by atoms with van der Waals surface area (Å²) in [6.45, 7) is -0.397. The molecule has 0 radical (unpaired) electrons. The summed E-state index contributed by atoms with van der Waals surface area (Å²) in [6, 6.07) is 11.3. The monoisotopic (exact) mass is 837 g/mol. The Morgan fingerprint density at radius 3 is 2.42 bits per heavy atom.